The number of carbonyl (C=O) groups is 1. The topological polar surface area (TPSA) is 75.7 Å². The Hall–Kier alpha value is -2.09. The van der Waals surface area contributed by atoms with Crippen molar-refractivity contribution < 1.29 is 17.9 Å². The number of carbonyl (C=O) groups excluding carboxylic acids is 1. The van der Waals surface area contributed by atoms with E-state index in [-0.39, 0.29) is 16.5 Å². The van der Waals surface area contributed by atoms with Crippen molar-refractivity contribution in [2.24, 2.45) is 0 Å². The lowest BCUT2D eigenvalue weighted by Gasteiger charge is -2.15. The quantitative estimate of drug-likeness (QED) is 0.727. The van der Waals surface area contributed by atoms with Gasteiger partial charge in [0.25, 0.3) is 5.91 Å². The first-order valence-corrected chi connectivity index (χ1v) is 10.6. The van der Waals surface area contributed by atoms with E-state index in [2.05, 4.69) is 19.2 Å². The highest BCUT2D eigenvalue weighted by Crippen LogP contribution is 2.27. The van der Waals surface area contributed by atoms with Crippen molar-refractivity contribution in [3.63, 3.8) is 0 Å². The van der Waals surface area contributed by atoms with E-state index in [4.69, 9.17) is 16.3 Å². The number of hydrogen-bond donors (Lipinski definition) is 1. The third-order valence-electron chi connectivity index (χ3n) is 4.21. The predicted octanol–water partition coefficient (Wildman–Crippen LogP) is 4.04. The van der Waals surface area contributed by atoms with Crippen LogP contribution in [-0.2, 0) is 14.8 Å². The maximum atomic E-state index is 12.3. The highest BCUT2D eigenvalue weighted by Gasteiger charge is 2.21. The monoisotopic (exact) mass is 424 g/mol. The van der Waals surface area contributed by atoms with Crippen LogP contribution in [0.15, 0.2) is 41.3 Å². The molecule has 0 unspecified atom stereocenters. The zero-order valence-corrected chi connectivity index (χ0v) is 18.2. The van der Waals surface area contributed by atoms with Gasteiger partial charge in [-0.2, -0.15) is 0 Å². The SMILES string of the molecule is Cc1cc(OCC(=O)Nc2ccc(Cl)c(S(=O)(=O)N(C)C)c2)ccc1C(C)C. The van der Waals surface area contributed by atoms with Gasteiger partial charge in [-0.15, -0.1) is 0 Å². The fourth-order valence-corrected chi connectivity index (χ4v) is 4.10. The summed E-state index contributed by atoms with van der Waals surface area (Å²) >= 11 is 6.01. The van der Waals surface area contributed by atoms with Gasteiger partial charge in [0.05, 0.1) is 5.02 Å². The fourth-order valence-electron chi connectivity index (χ4n) is 2.71. The van der Waals surface area contributed by atoms with E-state index in [1.54, 1.807) is 0 Å². The van der Waals surface area contributed by atoms with Crippen LogP contribution in [0.25, 0.3) is 0 Å². The Bertz CT molecular complexity index is 972. The molecule has 0 saturated heterocycles. The summed E-state index contributed by atoms with van der Waals surface area (Å²) in [5.41, 5.74) is 2.65. The Kier molecular flexibility index (Phi) is 7.09. The lowest BCUT2D eigenvalue weighted by molar-refractivity contribution is -0.118. The zero-order valence-electron chi connectivity index (χ0n) is 16.6. The number of rotatable bonds is 7. The summed E-state index contributed by atoms with van der Waals surface area (Å²) in [6.45, 7) is 6.04. The second-order valence-electron chi connectivity index (χ2n) is 6.94. The van der Waals surface area contributed by atoms with Gasteiger partial charge in [-0.1, -0.05) is 31.5 Å². The van der Waals surface area contributed by atoms with E-state index in [0.717, 1.165) is 9.87 Å². The van der Waals surface area contributed by atoms with Crippen LogP contribution >= 0.6 is 11.6 Å². The first-order chi connectivity index (χ1) is 13.0. The minimum absolute atomic E-state index is 0.0715. The molecule has 0 spiro atoms. The number of amides is 1. The Balaban J connectivity index is 2.07. The average Bonchev–Trinajstić information content (AvgIpc) is 2.61. The smallest absolute Gasteiger partial charge is 0.262 e. The van der Waals surface area contributed by atoms with Gasteiger partial charge in [-0.25, -0.2) is 12.7 Å². The van der Waals surface area contributed by atoms with E-state index in [1.807, 2.05) is 25.1 Å². The molecule has 0 radical (unpaired) electrons. The number of hydrogen-bond acceptors (Lipinski definition) is 4. The summed E-state index contributed by atoms with van der Waals surface area (Å²) in [6.07, 6.45) is 0. The van der Waals surface area contributed by atoms with Crippen LogP contribution in [0.5, 0.6) is 5.75 Å². The van der Waals surface area contributed by atoms with Crippen LogP contribution in [0.1, 0.15) is 30.9 Å². The third kappa shape index (κ3) is 5.25. The fraction of sp³-hybridized carbons (Fsp3) is 0.350. The standard InChI is InChI=1S/C20H25ClN2O4S/c1-13(2)17-8-7-16(10-14(17)3)27-12-20(24)22-15-6-9-18(21)19(11-15)28(25,26)23(4)5/h6-11,13H,12H2,1-5H3,(H,22,24). The molecule has 0 bridgehead atoms. The second kappa shape index (κ2) is 8.94. The molecule has 0 aliphatic carbocycles. The molecule has 28 heavy (non-hydrogen) atoms. The Morgan fingerprint density at radius 2 is 1.86 bits per heavy atom. The molecule has 6 nitrogen and oxygen atoms in total. The minimum atomic E-state index is -3.72. The Morgan fingerprint density at radius 3 is 2.43 bits per heavy atom. The molecule has 152 valence electrons. The molecule has 2 aromatic rings. The van der Waals surface area contributed by atoms with Gasteiger partial charge in [-0.05, 0) is 54.3 Å². The number of nitrogens with one attached hydrogen (secondary N) is 1. The van der Waals surface area contributed by atoms with Gasteiger partial charge < -0.3 is 10.1 Å². The van der Waals surface area contributed by atoms with Crippen molar-refractivity contribution in [2.45, 2.75) is 31.6 Å². The number of sulfonamides is 1. The first kappa shape index (κ1) is 22.2. The van der Waals surface area contributed by atoms with Crippen LogP contribution in [0.4, 0.5) is 5.69 Å². The van der Waals surface area contributed by atoms with Gasteiger partial charge in [0.1, 0.15) is 10.6 Å². The van der Waals surface area contributed by atoms with Crippen LogP contribution in [0.3, 0.4) is 0 Å². The summed E-state index contributed by atoms with van der Waals surface area (Å²) in [6, 6.07) is 10.0. The van der Waals surface area contributed by atoms with Gasteiger partial charge in [0, 0.05) is 19.8 Å². The average molecular weight is 425 g/mol. The largest absolute Gasteiger partial charge is 0.484 e. The number of halogens is 1. The molecule has 0 atom stereocenters. The number of nitrogens with zero attached hydrogens (tertiary/aromatic N) is 1. The maximum absolute atomic E-state index is 12.3. The summed E-state index contributed by atoms with van der Waals surface area (Å²) < 4.78 is 31.2. The number of ether oxygens (including phenoxy) is 1. The first-order valence-electron chi connectivity index (χ1n) is 8.77. The molecule has 0 aromatic heterocycles. The minimum Gasteiger partial charge on any atom is -0.484 e. The summed E-state index contributed by atoms with van der Waals surface area (Å²) in [5.74, 6) is 0.611. The highest BCUT2D eigenvalue weighted by atomic mass is 35.5. The predicted molar refractivity (Wildman–Crippen MR) is 112 cm³/mol. The normalized spacial score (nSPS) is 11.7. The van der Waals surface area contributed by atoms with E-state index >= 15 is 0 Å². The summed E-state index contributed by atoms with van der Waals surface area (Å²) in [4.78, 5) is 12.1. The number of anilines is 1. The van der Waals surface area contributed by atoms with Crippen LogP contribution in [-0.4, -0.2) is 39.3 Å². The lowest BCUT2D eigenvalue weighted by atomic mass is 9.98. The van der Waals surface area contributed by atoms with Crippen molar-refractivity contribution in [3.05, 3.63) is 52.5 Å². The summed E-state index contributed by atoms with van der Waals surface area (Å²) in [7, 11) is -0.890. The molecule has 0 aliphatic heterocycles. The highest BCUT2D eigenvalue weighted by molar-refractivity contribution is 7.89. The molecular formula is C20H25ClN2O4S. The Morgan fingerprint density at radius 1 is 1.18 bits per heavy atom. The van der Waals surface area contributed by atoms with Gasteiger partial charge in [0.2, 0.25) is 10.0 Å². The van der Waals surface area contributed by atoms with Crippen molar-refractivity contribution in [1.82, 2.24) is 4.31 Å². The van der Waals surface area contributed by atoms with Gasteiger partial charge >= 0.3 is 0 Å². The molecule has 2 aromatic carbocycles. The maximum Gasteiger partial charge on any atom is 0.262 e. The molecule has 1 N–H and O–H groups in total. The molecule has 0 heterocycles. The van der Waals surface area contributed by atoms with E-state index in [1.165, 1.54) is 37.9 Å². The van der Waals surface area contributed by atoms with Gasteiger partial charge in [-0.3, -0.25) is 4.79 Å². The van der Waals surface area contributed by atoms with E-state index < -0.39 is 15.9 Å². The second-order valence-corrected chi connectivity index (χ2v) is 9.47. The Labute approximate surface area is 171 Å². The molecule has 1 amide bonds. The number of benzene rings is 2. The summed E-state index contributed by atoms with van der Waals surface area (Å²) in [5, 5.41) is 2.72. The molecule has 2 rings (SSSR count). The van der Waals surface area contributed by atoms with Gasteiger partial charge in [0.15, 0.2) is 6.61 Å². The zero-order chi connectivity index (χ0) is 21.1. The van der Waals surface area contributed by atoms with Crippen molar-refractivity contribution in [3.8, 4) is 5.75 Å². The number of aryl methyl sites for hydroxylation is 1. The van der Waals surface area contributed by atoms with Crippen LogP contribution in [0.2, 0.25) is 5.02 Å². The van der Waals surface area contributed by atoms with Crippen molar-refractivity contribution in [1.29, 1.82) is 0 Å². The van der Waals surface area contributed by atoms with Crippen molar-refractivity contribution in [2.75, 3.05) is 26.0 Å². The van der Waals surface area contributed by atoms with E-state index in [0.29, 0.717) is 17.4 Å². The molecule has 8 heteroatoms. The molecular weight excluding hydrogens is 400 g/mol. The third-order valence-corrected chi connectivity index (χ3v) is 6.50. The van der Waals surface area contributed by atoms with E-state index in [9.17, 15) is 13.2 Å². The van der Waals surface area contributed by atoms with Crippen LogP contribution in [0, 0.1) is 6.92 Å². The molecule has 0 saturated carbocycles. The molecule has 0 fully saturated rings. The molecule has 0 aliphatic rings. The van der Waals surface area contributed by atoms with Crippen molar-refractivity contribution >= 4 is 33.2 Å². The lowest BCUT2D eigenvalue weighted by Crippen LogP contribution is -2.23. The van der Waals surface area contributed by atoms with Crippen LogP contribution < -0.4 is 10.1 Å².